The maximum Gasteiger partial charge on any atom is 0.310 e. The topological polar surface area (TPSA) is 113 Å². The van der Waals surface area contributed by atoms with Gasteiger partial charge in [-0.25, -0.2) is 8.78 Å². The zero-order valence-corrected chi connectivity index (χ0v) is 25.0. The van der Waals surface area contributed by atoms with Gasteiger partial charge >= 0.3 is 5.97 Å². The monoisotopic (exact) mass is 615 g/mol. The highest BCUT2D eigenvalue weighted by atomic mass is 19.1. The standard InChI is InChI=1S/C35H35F2N3O5/c1-2-32(42)45-34-26(22-7-3-4-8-22)9-5-10-30(34)39-19-6-20-44-25-14-12-24(13-15-25)40-31(41)18-17-28(35(40)38)33(43)27-16-11-23(36)21-29(27)37/h5,9-18,21-22,39H,2-4,6-8,19-20,38H2,1H3. The Kier molecular flexibility index (Phi) is 9.92. The molecule has 0 bridgehead atoms. The molecule has 8 nitrogen and oxygen atoms in total. The summed E-state index contributed by atoms with van der Waals surface area (Å²) in [6.45, 7) is 2.76. The van der Waals surface area contributed by atoms with E-state index in [1.165, 1.54) is 25.0 Å². The van der Waals surface area contributed by atoms with E-state index < -0.39 is 23.0 Å². The van der Waals surface area contributed by atoms with Gasteiger partial charge < -0.3 is 20.5 Å². The fourth-order valence-electron chi connectivity index (χ4n) is 5.56. The third-order valence-electron chi connectivity index (χ3n) is 7.90. The number of carbonyl (C=O) groups is 2. The van der Waals surface area contributed by atoms with Crippen LogP contribution in [-0.4, -0.2) is 29.5 Å². The van der Waals surface area contributed by atoms with Gasteiger partial charge in [0, 0.05) is 30.7 Å². The summed E-state index contributed by atoms with van der Waals surface area (Å²) in [7, 11) is 0. The van der Waals surface area contributed by atoms with Gasteiger partial charge in [0.05, 0.1) is 29.1 Å². The molecule has 4 aromatic rings. The van der Waals surface area contributed by atoms with Crippen molar-refractivity contribution in [1.82, 2.24) is 4.57 Å². The number of ether oxygens (including phenoxy) is 2. The van der Waals surface area contributed by atoms with E-state index in [2.05, 4.69) is 5.32 Å². The fourth-order valence-corrected chi connectivity index (χ4v) is 5.56. The van der Waals surface area contributed by atoms with Gasteiger partial charge in [-0.2, -0.15) is 0 Å². The van der Waals surface area contributed by atoms with Crippen molar-refractivity contribution in [1.29, 1.82) is 0 Å². The van der Waals surface area contributed by atoms with Gasteiger partial charge in [0.25, 0.3) is 5.56 Å². The molecule has 3 aromatic carbocycles. The van der Waals surface area contributed by atoms with Crippen molar-refractivity contribution in [2.75, 3.05) is 24.2 Å². The number of aromatic nitrogens is 1. The largest absolute Gasteiger partial charge is 0.494 e. The van der Waals surface area contributed by atoms with E-state index in [0.717, 1.165) is 40.8 Å². The molecule has 0 amide bonds. The van der Waals surface area contributed by atoms with Gasteiger partial charge in [0.2, 0.25) is 0 Å². The molecule has 234 valence electrons. The normalized spacial score (nSPS) is 13.0. The Labute approximate surface area is 259 Å². The van der Waals surface area contributed by atoms with Crippen LogP contribution in [-0.2, 0) is 4.79 Å². The van der Waals surface area contributed by atoms with Crippen molar-refractivity contribution in [3.63, 3.8) is 0 Å². The van der Waals surface area contributed by atoms with Gasteiger partial charge in [0.1, 0.15) is 23.2 Å². The number of anilines is 2. The molecule has 1 fully saturated rings. The molecular formula is C35H35F2N3O5. The molecule has 3 N–H and O–H groups in total. The van der Waals surface area contributed by atoms with E-state index in [1.807, 2.05) is 18.2 Å². The summed E-state index contributed by atoms with van der Waals surface area (Å²) >= 11 is 0. The minimum Gasteiger partial charge on any atom is -0.494 e. The molecule has 10 heteroatoms. The first-order chi connectivity index (χ1) is 21.8. The minimum atomic E-state index is -1.02. The van der Waals surface area contributed by atoms with Crippen LogP contribution in [0.25, 0.3) is 5.69 Å². The van der Waals surface area contributed by atoms with Crippen molar-refractivity contribution < 1.29 is 27.8 Å². The number of rotatable bonds is 12. The van der Waals surface area contributed by atoms with Crippen LogP contribution < -0.4 is 26.1 Å². The maximum atomic E-state index is 14.2. The first-order valence-electron chi connectivity index (χ1n) is 15.1. The lowest BCUT2D eigenvalue weighted by Crippen LogP contribution is -2.23. The summed E-state index contributed by atoms with van der Waals surface area (Å²) in [6.07, 6.45) is 5.49. The lowest BCUT2D eigenvalue weighted by atomic mass is 9.96. The van der Waals surface area contributed by atoms with Gasteiger partial charge in [0.15, 0.2) is 11.5 Å². The van der Waals surface area contributed by atoms with Crippen LogP contribution in [0.3, 0.4) is 0 Å². The molecule has 0 radical (unpaired) electrons. The molecular weight excluding hydrogens is 580 g/mol. The van der Waals surface area contributed by atoms with Crippen molar-refractivity contribution in [2.24, 2.45) is 0 Å². The number of hydrogen-bond donors (Lipinski definition) is 2. The number of carbonyl (C=O) groups excluding carboxylic acids is 2. The molecule has 1 saturated carbocycles. The molecule has 1 heterocycles. The molecule has 0 atom stereocenters. The zero-order chi connectivity index (χ0) is 31.9. The molecule has 45 heavy (non-hydrogen) atoms. The first kappa shape index (κ1) is 31.4. The van der Waals surface area contributed by atoms with Crippen LogP contribution in [0.5, 0.6) is 11.5 Å². The van der Waals surface area contributed by atoms with E-state index in [9.17, 15) is 23.2 Å². The molecule has 5 rings (SSSR count). The molecule has 0 unspecified atom stereocenters. The average Bonchev–Trinajstić information content (AvgIpc) is 3.57. The number of esters is 1. The van der Waals surface area contributed by atoms with E-state index in [-0.39, 0.29) is 22.9 Å². The highest BCUT2D eigenvalue weighted by molar-refractivity contribution is 6.11. The Balaban J connectivity index is 1.21. The first-order valence-corrected chi connectivity index (χ1v) is 15.1. The number of halogens is 2. The molecule has 1 aliphatic rings. The van der Waals surface area contributed by atoms with Gasteiger partial charge in [-0.3, -0.25) is 19.0 Å². The van der Waals surface area contributed by atoms with Crippen molar-refractivity contribution >= 4 is 23.3 Å². The molecule has 1 aliphatic carbocycles. The molecule has 0 saturated heterocycles. The number of benzene rings is 3. The van der Waals surface area contributed by atoms with E-state index in [0.29, 0.717) is 55.2 Å². The van der Waals surface area contributed by atoms with Crippen LogP contribution in [0.4, 0.5) is 20.3 Å². The Morgan fingerprint density at radius 2 is 1.71 bits per heavy atom. The van der Waals surface area contributed by atoms with E-state index in [1.54, 1.807) is 31.2 Å². The highest BCUT2D eigenvalue weighted by Crippen LogP contribution is 2.42. The Bertz CT molecular complexity index is 1750. The third-order valence-corrected chi connectivity index (χ3v) is 7.90. The summed E-state index contributed by atoms with van der Waals surface area (Å²) in [5, 5.41) is 3.39. The quantitative estimate of drug-likeness (QED) is 0.0782. The summed E-state index contributed by atoms with van der Waals surface area (Å²) in [6, 6.07) is 17.6. The number of nitrogens with zero attached hydrogens (tertiary/aromatic N) is 1. The van der Waals surface area contributed by atoms with Crippen molar-refractivity contribution in [3.8, 4) is 17.2 Å². The smallest absolute Gasteiger partial charge is 0.310 e. The predicted octanol–water partition coefficient (Wildman–Crippen LogP) is 6.78. The van der Waals surface area contributed by atoms with E-state index in [4.69, 9.17) is 15.2 Å². The van der Waals surface area contributed by atoms with E-state index >= 15 is 0 Å². The number of nitrogen functional groups attached to an aromatic ring is 1. The Morgan fingerprint density at radius 1 is 0.978 bits per heavy atom. The summed E-state index contributed by atoms with van der Waals surface area (Å²) < 4.78 is 40.4. The molecule has 0 spiro atoms. The van der Waals surface area contributed by atoms with Crippen LogP contribution in [0.15, 0.2) is 77.6 Å². The van der Waals surface area contributed by atoms with Crippen molar-refractivity contribution in [2.45, 2.75) is 51.4 Å². The van der Waals surface area contributed by atoms with Gasteiger partial charge in [-0.1, -0.05) is 31.9 Å². The Morgan fingerprint density at radius 3 is 2.42 bits per heavy atom. The SMILES string of the molecule is CCC(=O)Oc1c(NCCCOc2ccc(-n3c(N)c(C(=O)c4ccc(F)cc4F)ccc3=O)cc2)cccc1C1CCCC1. The predicted molar refractivity (Wildman–Crippen MR) is 168 cm³/mol. The van der Waals surface area contributed by atoms with Gasteiger partial charge in [-0.15, -0.1) is 0 Å². The number of nitrogens with one attached hydrogen (secondary N) is 1. The van der Waals surface area contributed by atoms with Crippen LogP contribution in [0, 0.1) is 11.6 Å². The second-order valence-electron chi connectivity index (χ2n) is 10.9. The summed E-state index contributed by atoms with van der Waals surface area (Å²) in [5.74, 6) is -1.46. The van der Waals surface area contributed by atoms with Gasteiger partial charge in [-0.05, 0) is 73.7 Å². The lowest BCUT2D eigenvalue weighted by Gasteiger charge is -2.19. The second-order valence-corrected chi connectivity index (χ2v) is 10.9. The Hall–Kier alpha value is -4.99. The molecule has 0 aliphatic heterocycles. The maximum absolute atomic E-state index is 14.2. The number of pyridine rings is 1. The fraction of sp³-hybridized carbons (Fsp3) is 0.286. The second kappa shape index (κ2) is 14.2. The third kappa shape index (κ3) is 7.22. The van der Waals surface area contributed by atoms with Crippen molar-refractivity contribution in [3.05, 3.63) is 111 Å². The summed E-state index contributed by atoms with van der Waals surface area (Å²) in [5.41, 5.74) is 7.53. The highest BCUT2D eigenvalue weighted by Gasteiger charge is 2.24. The number of nitrogens with two attached hydrogens (primary N) is 1. The number of hydrogen-bond acceptors (Lipinski definition) is 7. The number of ketones is 1. The summed E-state index contributed by atoms with van der Waals surface area (Å²) in [4.78, 5) is 37.8. The lowest BCUT2D eigenvalue weighted by molar-refractivity contribution is -0.134. The molecule has 1 aromatic heterocycles. The average molecular weight is 616 g/mol. The van der Waals surface area contributed by atoms with Crippen LogP contribution in [0.2, 0.25) is 0 Å². The minimum absolute atomic E-state index is 0.0886. The van der Waals surface area contributed by atoms with Crippen LogP contribution in [0.1, 0.15) is 72.9 Å². The van der Waals surface area contributed by atoms with Crippen LogP contribution >= 0.6 is 0 Å². The number of para-hydroxylation sites is 1. The zero-order valence-electron chi connectivity index (χ0n) is 25.0.